The number of imidazole rings is 1. The standard InChI is InChI=1S/C18H18N2/c1-13-9-7-8-12-17(13)20-14(2)18(19-15(20)3)16-10-5-4-6-11-16/h4-12H,1-3H3/p+1/i3D3/hD. The highest BCUT2D eigenvalue weighted by molar-refractivity contribution is 5.60. The number of aryl methyl sites for hydroxylation is 1. The van der Waals surface area contributed by atoms with Crippen LogP contribution < -0.4 is 4.57 Å². The Morgan fingerprint density at radius 3 is 2.40 bits per heavy atom. The molecule has 0 fully saturated rings. The van der Waals surface area contributed by atoms with Crippen molar-refractivity contribution in [1.82, 2.24) is 4.98 Å². The van der Waals surface area contributed by atoms with Gasteiger partial charge in [-0.25, -0.2) is 4.98 Å². The Labute approximate surface area is 125 Å². The molecular weight excluding hydrogens is 244 g/mol. The van der Waals surface area contributed by atoms with Crippen LogP contribution >= 0.6 is 0 Å². The lowest BCUT2D eigenvalue weighted by Crippen LogP contribution is -2.35. The van der Waals surface area contributed by atoms with Crippen molar-refractivity contribution < 1.29 is 10.1 Å². The molecule has 2 aromatic carbocycles. The van der Waals surface area contributed by atoms with Gasteiger partial charge in [-0.05, 0) is 18.6 Å². The van der Waals surface area contributed by atoms with Gasteiger partial charge in [0.15, 0.2) is 11.4 Å². The van der Waals surface area contributed by atoms with Gasteiger partial charge in [0, 0.05) is 23.5 Å². The lowest BCUT2D eigenvalue weighted by Gasteiger charge is -2.04. The van der Waals surface area contributed by atoms with E-state index in [1.165, 1.54) is 0 Å². The Kier molecular flexibility index (Phi) is 2.17. The van der Waals surface area contributed by atoms with Crippen molar-refractivity contribution in [1.29, 1.82) is 0 Å². The Hall–Kier alpha value is -2.35. The van der Waals surface area contributed by atoms with Gasteiger partial charge < -0.3 is 0 Å². The Morgan fingerprint density at radius 2 is 1.70 bits per heavy atom. The third-order valence-electron chi connectivity index (χ3n) is 3.51. The quantitative estimate of drug-likeness (QED) is 0.680. The summed E-state index contributed by atoms with van der Waals surface area (Å²) in [6, 6.07) is 17.1. The number of H-pyrrole nitrogens is 1. The van der Waals surface area contributed by atoms with Crippen LogP contribution in [0, 0.1) is 20.7 Å². The fourth-order valence-electron chi connectivity index (χ4n) is 2.48. The summed E-state index contributed by atoms with van der Waals surface area (Å²) in [5.41, 5.74) is 3.88. The van der Waals surface area contributed by atoms with Crippen molar-refractivity contribution in [3.63, 3.8) is 0 Å². The summed E-state index contributed by atoms with van der Waals surface area (Å²) in [6.07, 6.45) is 0. The van der Waals surface area contributed by atoms with Gasteiger partial charge in [-0.2, -0.15) is 4.57 Å². The number of nitrogens with zero attached hydrogens (tertiary/aromatic N) is 1. The third kappa shape index (κ3) is 2.03. The van der Waals surface area contributed by atoms with Gasteiger partial charge in [0.05, 0.1) is 0 Å². The van der Waals surface area contributed by atoms with E-state index in [2.05, 4.69) is 0 Å². The summed E-state index contributed by atoms with van der Waals surface area (Å²) in [5.74, 6) is -0.0202. The van der Waals surface area contributed by atoms with Crippen LogP contribution in [0.25, 0.3) is 16.9 Å². The molecule has 0 bridgehead atoms. The number of benzene rings is 2. The van der Waals surface area contributed by atoms with Crippen LogP contribution in [0.3, 0.4) is 0 Å². The predicted molar refractivity (Wildman–Crippen MR) is 82.0 cm³/mol. The van der Waals surface area contributed by atoms with Crippen molar-refractivity contribution in [3.05, 3.63) is 71.7 Å². The van der Waals surface area contributed by atoms with E-state index in [1.54, 1.807) is 4.57 Å². The monoisotopic (exact) mass is 267 g/mol. The highest BCUT2D eigenvalue weighted by atomic mass is 15.1. The molecule has 0 unspecified atom stereocenters. The molecule has 0 saturated carbocycles. The van der Waals surface area contributed by atoms with Gasteiger partial charge in [0.2, 0.25) is 0 Å². The molecule has 0 aliphatic heterocycles. The molecule has 0 radical (unpaired) electrons. The Bertz CT molecular complexity index is 880. The number of rotatable bonds is 2. The lowest BCUT2D eigenvalue weighted by molar-refractivity contribution is -0.608. The Morgan fingerprint density at radius 1 is 1.00 bits per heavy atom. The van der Waals surface area contributed by atoms with Gasteiger partial charge >= 0.3 is 1.41 Å². The van der Waals surface area contributed by atoms with Crippen LogP contribution in [0.4, 0.5) is 0 Å². The van der Waals surface area contributed by atoms with Crippen molar-refractivity contribution in [2.45, 2.75) is 20.7 Å². The highest BCUT2D eigenvalue weighted by Gasteiger charge is 2.21. The van der Waals surface area contributed by atoms with Crippen molar-refractivity contribution in [3.8, 4) is 16.9 Å². The van der Waals surface area contributed by atoms with E-state index in [1.807, 2.05) is 68.4 Å². The molecule has 100 valence electrons. The molecule has 2 nitrogen and oxygen atoms in total. The van der Waals surface area contributed by atoms with Gasteiger partial charge in [-0.3, -0.25) is 0 Å². The van der Waals surface area contributed by atoms with Crippen molar-refractivity contribution >= 4 is 0 Å². The molecule has 0 aliphatic carbocycles. The van der Waals surface area contributed by atoms with Gasteiger partial charge in [0.1, 0.15) is 5.69 Å². The number of para-hydroxylation sites is 1. The topological polar surface area (TPSA) is 19.7 Å². The first-order valence-electron chi connectivity index (χ1n) is 8.55. The summed E-state index contributed by atoms with van der Waals surface area (Å²) in [5, 5.41) is 0. The van der Waals surface area contributed by atoms with E-state index in [9.17, 15) is 0 Å². The van der Waals surface area contributed by atoms with Crippen molar-refractivity contribution in [2.75, 3.05) is 0 Å². The second kappa shape index (κ2) is 4.97. The zero-order chi connectivity index (χ0) is 17.5. The first-order valence-corrected chi connectivity index (χ1v) is 6.61. The largest absolute Gasteiger partial charge is 0.312 e. The second-order valence-corrected chi connectivity index (χ2v) is 4.86. The maximum absolute atomic E-state index is 8.46. The summed E-state index contributed by atoms with van der Waals surface area (Å²) >= 11 is 0. The smallest absolute Gasteiger partial charge is 0.240 e. The van der Waals surface area contributed by atoms with Crippen LogP contribution in [0.5, 0.6) is 0 Å². The summed E-state index contributed by atoms with van der Waals surface area (Å²) in [7, 11) is 0. The minimum Gasteiger partial charge on any atom is -0.240 e. The predicted octanol–water partition coefficient (Wildman–Crippen LogP) is 3.88. The molecular formula is C18H19N2+. The second-order valence-electron chi connectivity index (χ2n) is 4.86. The maximum Gasteiger partial charge on any atom is 0.312 e. The number of aromatic amines is 1. The highest BCUT2D eigenvalue weighted by Crippen LogP contribution is 2.21. The van der Waals surface area contributed by atoms with Gasteiger partial charge in [-0.1, -0.05) is 48.5 Å². The lowest BCUT2D eigenvalue weighted by atomic mass is 10.1. The third-order valence-corrected chi connectivity index (χ3v) is 3.51. The van der Waals surface area contributed by atoms with E-state index in [4.69, 9.17) is 5.52 Å². The van der Waals surface area contributed by atoms with Crippen LogP contribution in [-0.2, 0) is 0 Å². The molecule has 0 aliphatic rings. The Balaban J connectivity index is 2.40. The number of hydrogen-bond donors (Lipinski definition) is 1. The first kappa shape index (κ1) is 8.75. The SMILES string of the molecule is [2H]n1c(-c2ccccc2)c(C)[n+](-c2ccccc2C)c1C([2H])([2H])[2H]. The molecule has 3 aromatic rings. The summed E-state index contributed by atoms with van der Waals surface area (Å²) in [4.78, 5) is 1.05. The minimum absolute atomic E-state index is 0.0202. The van der Waals surface area contributed by atoms with E-state index < -0.39 is 6.85 Å². The molecule has 0 spiro atoms. The zero-order valence-electron chi connectivity index (χ0n) is 15.6. The van der Waals surface area contributed by atoms with Gasteiger partial charge in [0.25, 0.3) is 5.82 Å². The van der Waals surface area contributed by atoms with E-state index in [0.29, 0.717) is 5.69 Å². The molecule has 3 rings (SSSR count). The molecule has 1 N–H and O–H groups in total. The average molecular weight is 267 g/mol. The van der Waals surface area contributed by atoms with E-state index in [0.717, 1.165) is 27.5 Å². The molecule has 0 saturated heterocycles. The van der Waals surface area contributed by atoms with Crippen LogP contribution in [0.2, 0.25) is 1.41 Å². The molecule has 1 aromatic heterocycles. The number of nitrogens with one attached hydrogen (secondary N) is 1. The van der Waals surface area contributed by atoms with Crippen LogP contribution in [0.1, 0.15) is 21.2 Å². The summed E-state index contributed by atoms with van der Waals surface area (Å²) < 4.78 is 33.9. The number of hydrogen-bond acceptors (Lipinski definition) is 0. The van der Waals surface area contributed by atoms with Crippen LogP contribution in [0.15, 0.2) is 54.6 Å². The normalized spacial score (nSPS) is 14.3. The first-order chi connectivity index (χ1) is 11.3. The number of aromatic nitrogens is 2. The molecule has 0 atom stereocenters. The van der Waals surface area contributed by atoms with Gasteiger partial charge in [-0.15, -0.1) is 0 Å². The molecule has 1 heterocycles. The van der Waals surface area contributed by atoms with E-state index >= 15 is 0 Å². The molecule has 2 heteroatoms. The van der Waals surface area contributed by atoms with E-state index in [-0.39, 0.29) is 5.82 Å². The van der Waals surface area contributed by atoms with Crippen molar-refractivity contribution in [2.24, 2.45) is 0 Å². The average Bonchev–Trinajstić information content (AvgIpc) is 2.79. The summed E-state index contributed by atoms with van der Waals surface area (Å²) in [6.45, 7) is 1.39. The fourth-order valence-corrected chi connectivity index (χ4v) is 2.48. The fraction of sp³-hybridized carbons (Fsp3) is 0.167. The van der Waals surface area contributed by atoms with Crippen LogP contribution in [-0.4, -0.2) is 4.98 Å². The maximum atomic E-state index is 8.46. The zero-order valence-corrected chi connectivity index (χ0v) is 11.6. The minimum atomic E-state index is -2.40. The molecule has 20 heavy (non-hydrogen) atoms. The molecule has 0 amide bonds.